The van der Waals surface area contributed by atoms with E-state index in [9.17, 15) is 9.59 Å². The molecule has 3 aliphatic rings. The summed E-state index contributed by atoms with van der Waals surface area (Å²) in [5.74, 6) is 0.00394. The summed E-state index contributed by atoms with van der Waals surface area (Å²) in [5.41, 5.74) is 4.11. The van der Waals surface area contributed by atoms with Gasteiger partial charge in [-0.05, 0) is 94.8 Å². The summed E-state index contributed by atoms with van der Waals surface area (Å²) >= 11 is 0. The molecule has 0 radical (unpaired) electrons. The van der Waals surface area contributed by atoms with Crippen LogP contribution in [0.25, 0.3) is 5.57 Å². The van der Waals surface area contributed by atoms with E-state index in [1.807, 2.05) is 62.9 Å². The molecule has 0 saturated carbocycles. The third-order valence-electron chi connectivity index (χ3n) is 7.43. The van der Waals surface area contributed by atoms with Gasteiger partial charge in [-0.15, -0.1) is 0 Å². The minimum atomic E-state index is -0.349. The Morgan fingerprint density at radius 3 is 2.55 bits per heavy atom. The number of nitrogens with one attached hydrogen (secondary N) is 2. The molecule has 0 bridgehead atoms. The van der Waals surface area contributed by atoms with Crippen molar-refractivity contribution >= 4 is 17.4 Å². The van der Waals surface area contributed by atoms with Crippen LogP contribution in [0.15, 0.2) is 53.6 Å². The number of likely N-dealkylation sites (N-methyl/N-ethyl adjacent to an activating group) is 1. The molecular weight excluding hydrogens is 474 g/mol. The number of ether oxygens (including phenoxy) is 1. The van der Waals surface area contributed by atoms with Gasteiger partial charge in [0, 0.05) is 36.3 Å². The standard InChI is InChI=1S/C30H41N3O3.C2H6/c1-4-20-33(6-3)29(35)23-14-12-22(13-15-23)25-21-30(16-9-18-31-19-17-30)36-26-11-8-7-10-24(27(25)26)28(34)32-5-2;1-2/h7,10,12-15,21,26,31H,4-6,8-9,11,16-20H2,1-3H3,(H,32,34);1-2H3. The number of benzene rings is 1. The number of carbonyl (C=O) groups is 2. The van der Waals surface area contributed by atoms with Crippen molar-refractivity contribution in [3.8, 4) is 0 Å². The normalized spacial score (nSPS) is 22.9. The smallest absolute Gasteiger partial charge is 0.253 e. The molecule has 0 aromatic heterocycles. The molecule has 38 heavy (non-hydrogen) atoms. The van der Waals surface area contributed by atoms with Crippen LogP contribution in [0.4, 0.5) is 0 Å². The van der Waals surface area contributed by atoms with Crippen LogP contribution in [-0.4, -0.2) is 61.1 Å². The van der Waals surface area contributed by atoms with Crippen molar-refractivity contribution in [2.45, 2.75) is 84.8 Å². The van der Waals surface area contributed by atoms with Crippen molar-refractivity contribution in [3.05, 3.63) is 64.8 Å². The molecule has 6 nitrogen and oxygen atoms in total. The van der Waals surface area contributed by atoms with Gasteiger partial charge in [0.2, 0.25) is 0 Å². The van der Waals surface area contributed by atoms with Crippen LogP contribution in [0, 0.1) is 0 Å². The maximum absolute atomic E-state index is 13.2. The molecule has 2 amide bonds. The van der Waals surface area contributed by atoms with Crippen molar-refractivity contribution in [2.75, 3.05) is 32.7 Å². The number of nitrogens with zero attached hydrogens (tertiary/aromatic N) is 1. The molecule has 2 atom stereocenters. The summed E-state index contributed by atoms with van der Waals surface area (Å²) in [4.78, 5) is 28.1. The van der Waals surface area contributed by atoms with E-state index in [1.54, 1.807) is 0 Å². The summed E-state index contributed by atoms with van der Waals surface area (Å²) < 4.78 is 6.87. The van der Waals surface area contributed by atoms with Gasteiger partial charge in [-0.3, -0.25) is 9.59 Å². The highest BCUT2D eigenvalue weighted by molar-refractivity contribution is 6.02. The number of hydrogen-bond donors (Lipinski definition) is 2. The number of rotatable bonds is 7. The van der Waals surface area contributed by atoms with E-state index >= 15 is 0 Å². The monoisotopic (exact) mass is 521 g/mol. The first-order valence-corrected chi connectivity index (χ1v) is 14.7. The molecule has 2 N–H and O–H groups in total. The molecular formula is C32H47N3O3. The zero-order valence-electron chi connectivity index (χ0n) is 24.1. The first-order valence-electron chi connectivity index (χ1n) is 14.7. The zero-order valence-corrected chi connectivity index (χ0v) is 24.1. The maximum atomic E-state index is 13.2. The number of hydrogen-bond acceptors (Lipinski definition) is 4. The molecule has 1 fully saturated rings. The Balaban J connectivity index is 0.00000195. The van der Waals surface area contributed by atoms with Gasteiger partial charge in [0.05, 0.1) is 11.7 Å². The summed E-state index contributed by atoms with van der Waals surface area (Å²) in [5, 5.41) is 6.50. The van der Waals surface area contributed by atoms with Crippen molar-refractivity contribution in [3.63, 3.8) is 0 Å². The minimum absolute atomic E-state index is 0.0615. The van der Waals surface area contributed by atoms with Gasteiger partial charge < -0.3 is 20.3 Å². The van der Waals surface area contributed by atoms with Crippen LogP contribution in [0.3, 0.4) is 0 Å². The van der Waals surface area contributed by atoms with E-state index in [0.717, 1.165) is 74.9 Å². The first-order chi connectivity index (χ1) is 18.5. The number of amides is 2. The molecule has 2 aliphatic heterocycles. The third-order valence-corrected chi connectivity index (χ3v) is 7.43. The first kappa shape index (κ1) is 29.9. The summed E-state index contributed by atoms with van der Waals surface area (Å²) in [6.07, 6.45) is 11.8. The number of fused-ring (bicyclic) bond motifs is 1. The third kappa shape index (κ3) is 6.83. The molecule has 1 aromatic rings. The van der Waals surface area contributed by atoms with Crippen LogP contribution in [0.2, 0.25) is 0 Å². The molecule has 1 aliphatic carbocycles. The second-order valence-electron chi connectivity index (χ2n) is 9.96. The Bertz CT molecular complexity index is 1030. The quantitative estimate of drug-likeness (QED) is 0.486. The Labute approximate surface area is 229 Å². The van der Waals surface area contributed by atoms with Gasteiger partial charge in [0.25, 0.3) is 11.8 Å². The summed E-state index contributed by atoms with van der Waals surface area (Å²) in [7, 11) is 0. The van der Waals surface area contributed by atoms with E-state index in [-0.39, 0.29) is 23.5 Å². The molecule has 2 unspecified atom stereocenters. The maximum Gasteiger partial charge on any atom is 0.253 e. The summed E-state index contributed by atoms with van der Waals surface area (Å²) in [6.45, 7) is 14.0. The Hall–Kier alpha value is -2.70. The second kappa shape index (κ2) is 14.5. The average Bonchev–Trinajstić information content (AvgIpc) is 3.31. The van der Waals surface area contributed by atoms with Gasteiger partial charge >= 0.3 is 0 Å². The molecule has 1 spiro atoms. The van der Waals surface area contributed by atoms with E-state index < -0.39 is 0 Å². The predicted octanol–water partition coefficient (Wildman–Crippen LogP) is 5.66. The lowest BCUT2D eigenvalue weighted by molar-refractivity contribution is -0.117. The van der Waals surface area contributed by atoms with Crippen LogP contribution >= 0.6 is 0 Å². The van der Waals surface area contributed by atoms with Gasteiger partial charge in [-0.25, -0.2) is 0 Å². The Kier molecular flexibility index (Phi) is 11.4. The molecule has 4 rings (SSSR count). The van der Waals surface area contributed by atoms with Crippen molar-refractivity contribution in [1.82, 2.24) is 15.5 Å². The minimum Gasteiger partial charge on any atom is -0.363 e. The van der Waals surface area contributed by atoms with E-state index in [4.69, 9.17) is 4.74 Å². The average molecular weight is 522 g/mol. The van der Waals surface area contributed by atoms with Crippen LogP contribution in [0.1, 0.15) is 89.1 Å². The zero-order chi connectivity index (χ0) is 27.5. The lowest BCUT2D eigenvalue weighted by Gasteiger charge is -2.41. The van der Waals surface area contributed by atoms with Crippen LogP contribution < -0.4 is 10.6 Å². The fraction of sp³-hybridized carbons (Fsp3) is 0.562. The van der Waals surface area contributed by atoms with E-state index in [2.05, 4.69) is 29.7 Å². The van der Waals surface area contributed by atoms with Gasteiger partial charge in [-0.2, -0.15) is 0 Å². The number of allylic oxidation sites excluding steroid dienone is 1. The van der Waals surface area contributed by atoms with Gasteiger partial charge in [0.15, 0.2) is 0 Å². The van der Waals surface area contributed by atoms with E-state index in [1.165, 1.54) is 0 Å². The SMILES string of the molecule is CC.CCCN(CC)C(=O)c1ccc(C2=CC3(CCCNCC3)OC3CCC=CC(C(=O)NCC)=C23)cc1. The van der Waals surface area contributed by atoms with Gasteiger partial charge in [-0.1, -0.05) is 45.1 Å². The highest BCUT2D eigenvalue weighted by Crippen LogP contribution is 2.44. The van der Waals surface area contributed by atoms with Crippen LogP contribution in [0.5, 0.6) is 0 Å². The lowest BCUT2D eigenvalue weighted by atomic mass is 9.80. The topological polar surface area (TPSA) is 70.7 Å². The largest absolute Gasteiger partial charge is 0.363 e. The predicted molar refractivity (Wildman–Crippen MR) is 156 cm³/mol. The number of carbonyl (C=O) groups excluding carboxylic acids is 2. The van der Waals surface area contributed by atoms with Crippen LogP contribution in [-0.2, 0) is 9.53 Å². The van der Waals surface area contributed by atoms with E-state index in [0.29, 0.717) is 24.2 Å². The molecule has 6 heteroatoms. The lowest BCUT2D eigenvalue weighted by Crippen LogP contribution is -2.41. The van der Waals surface area contributed by atoms with Gasteiger partial charge in [0.1, 0.15) is 0 Å². The molecule has 208 valence electrons. The van der Waals surface area contributed by atoms with Crippen molar-refractivity contribution in [1.29, 1.82) is 0 Å². The highest BCUT2D eigenvalue weighted by Gasteiger charge is 2.41. The Morgan fingerprint density at radius 2 is 1.87 bits per heavy atom. The fourth-order valence-corrected chi connectivity index (χ4v) is 5.62. The molecule has 2 heterocycles. The Morgan fingerprint density at radius 1 is 1.11 bits per heavy atom. The highest BCUT2D eigenvalue weighted by atomic mass is 16.5. The fourth-order valence-electron chi connectivity index (χ4n) is 5.62. The molecule has 1 aromatic carbocycles. The molecule has 1 saturated heterocycles. The second-order valence-corrected chi connectivity index (χ2v) is 9.96. The van der Waals surface area contributed by atoms with Crippen molar-refractivity contribution in [2.24, 2.45) is 0 Å². The summed E-state index contributed by atoms with van der Waals surface area (Å²) in [6, 6.07) is 7.95. The van der Waals surface area contributed by atoms with Crippen molar-refractivity contribution < 1.29 is 14.3 Å².